The van der Waals surface area contributed by atoms with Crippen molar-refractivity contribution in [3.63, 3.8) is 0 Å². The van der Waals surface area contributed by atoms with Crippen LogP contribution in [0.2, 0.25) is 0 Å². The molecule has 0 aromatic heterocycles. The molecule has 3 heterocycles. The third kappa shape index (κ3) is 3.49. The molecule has 1 saturated heterocycles. The van der Waals surface area contributed by atoms with Crippen molar-refractivity contribution in [2.24, 2.45) is 15.5 Å². The van der Waals surface area contributed by atoms with Gasteiger partial charge in [0, 0.05) is 11.0 Å². The smallest absolute Gasteiger partial charge is 0.344 e. The Hall–Kier alpha value is -4.26. The molecule has 192 valence electrons. The van der Waals surface area contributed by atoms with Crippen molar-refractivity contribution >= 4 is 23.9 Å². The Morgan fingerprint density at radius 3 is 2.34 bits per heavy atom. The monoisotopic (exact) mass is 507 g/mol. The number of hydrazone groups is 1. The van der Waals surface area contributed by atoms with Gasteiger partial charge in [-0.05, 0) is 41.0 Å². The number of hydrogen-bond acceptors (Lipinski definition) is 7. The molecule has 7 heteroatoms. The molecule has 1 fully saturated rings. The largest absolute Gasteiger partial charge is 0.497 e. The number of carbonyl (C=O) groups is 2. The van der Waals surface area contributed by atoms with Crippen LogP contribution < -0.4 is 4.74 Å². The van der Waals surface area contributed by atoms with E-state index in [1.807, 2.05) is 99.6 Å². The van der Waals surface area contributed by atoms with Gasteiger partial charge in [-0.3, -0.25) is 9.80 Å². The molecule has 0 amide bonds. The molecular formula is C31H29N3O4. The first-order chi connectivity index (χ1) is 18.3. The summed E-state index contributed by atoms with van der Waals surface area (Å²) in [5, 5.41) is 6.59. The molecule has 6 rings (SSSR count). The zero-order valence-corrected chi connectivity index (χ0v) is 21.8. The maximum absolute atomic E-state index is 14.2. The number of esters is 1. The zero-order valence-electron chi connectivity index (χ0n) is 21.8. The van der Waals surface area contributed by atoms with Crippen LogP contribution in [0.4, 0.5) is 0 Å². The number of fused-ring (bicyclic) bond motifs is 4. The van der Waals surface area contributed by atoms with E-state index in [1.165, 1.54) is 0 Å². The van der Waals surface area contributed by atoms with Crippen LogP contribution >= 0.6 is 0 Å². The normalized spacial score (nSPS) is 25.6. The fourth-order valence-electron chi connectivity index (χ4n) is 5.89. The van der Waals surface area contributed by atoms with Crippen molar-refractivity contribution in [2.45, 2.75) is 44.3 Å². The van der Waals surface area contributed by atoms with Gasteiger partial charge in [-0.1, -0.05) is 75.4 Å². The molecule has 0 saturated carbocycles. The Morgan fingerprint density at radius 1 is 0.974 bits per heavy atom. The maximum Gasteiger partial charge on any atom is 0.344 e. The van der Waals surface area contributed by atoms with Crippen LogP contribution in [0.5, 0.6) is 5.75 Å². The van der Waals surface area contributed by atoms with Crippen LogP contribution in [0.25, 0.3) is 0 Å². The van der Waals surface area contributed by atoms with Crippen LogP contribution in [-0.4, -0.2) is 47.6 Å². The fraction of sp³-hybridized carbons (Fsp3) is 0.290. The standard InChI is InChI=1S/C31H29N3O4/c1-30(2,3)27(35)25-24(19-14-16-22(37-4)17-15-19)31(26-23-13-9-8-12-21(23)18-32-34(25)26)29(36)38-28(33-31)20-10-6-5-7-11-20/h5-18,24-26H,1-4H3/t24-,25-,26+,31-/m1/s1. The maximum atomic E-state index is 14.2. The number of rotatable bonds is 4. The topological polar surface area (TPSA) is 80.6 Å². The minimum atomic E-state index is -1.43. The molecule has 0 unspecified atom stereocenters. The van der Waals surface area contributed by atoms with Crippen LogP contribution in [0.15, 0.2) is 89.0 Å². The lowest BCUT2D eigenvalue weighted by Gasteiger charge is -2.35. The van der Waals surface area contributed by atoms with Crippen LogP contribution in [0, 0.1) is 5.41 Å². The van der Waals surface area contributed by atoms with E-state index in [2.05, 4.69) is 0 Å². The third-order valence-corrected chi connectivity index (χ3v) is 7.68. The van der Waals surface area contributed by atoms with Crippen molar-refractivity contribution in [1.82, 2.24) is 5.01 Å². The van der Waals surface area contributed by atoms with Crippen LogP contribution in [0.1, 0.15) is 55.0 Å². The van der Waals surface area contributed by atoms with E-state index in [0.29, 0.717) is 11.3 Å². The average Bonchev–Trinajstić information content (AvgIpc) is 3.43. The molecule has 3 aliphatic heterocycles. The van der Waals surface area contributed by atoms with Crippen molar-refractivity contribution in [1.29, 1.82) is 0 Å². The molecule has 38 heavy (non-hydrogen) atoms. The van der Waals surface area contributed by atoms with E-state index < -0.39 is 34.9 Å². The first-order valence-corrected chi connectivity index (χ1v) is 12.7. The van der Waals surface area contributed by atoms with Crippen molar-refractivity contribution in [3.05, 3.63) is 101 Å². The number of ketones is 1. The quantitative estimate of drug-likeness (QED) is 0.469. The van der Waals surface area contributed by atoms with Crippen molar-refractivity contribution < 1.29 is 19.1 Å². The molecule has 3 aliphatic rings. The minimum Gasteiger partial charge on any atom is -0.497 e. The molecule has 1 spiro atoms. The highest BCUT2D eigenvalue weighted by Gasteiger charge is 2.71. The van der Waals surface area contributed by atoms with E-state index >= 15 is 0 Å². The van der Waals surface area contributed by atoms with Gasteiger partial charge < -0.3 is 9.47 Å². The molecule has 7 nitrogen and oxygen atoms in total. The number of nitrogens with zero attached hydrogens (tertiary/aromatic N) is 3. The van der Waals surface area contributed by atoms with Crippen LogP contribution in [-0.2, 0) is 14.3 Å². The van der Waals surface area contributed by atoms with Crippen LogP contribution in [0.3, 0.4) is 0 Å². The summed E-state index contributed by atoms with van der Waals surface area (Å²) >= 11 is 0. The number of carbonyl (C=O) groups excluding carboxylic acids is 2. The number of cyclic esters (lactones) is 1. The zero-order chi connectivity index (χ0) is 26.7. The van der Waals surface area contributed by atoms with E-state index in [4.69, 9.17) is 19.6 Å². The Labute approximate surface area is 221 Å². The highest BCUT2D eigenvalue weighted by molar-refractivity contribution is 6.10. The summed E-state index contributed by atoms with van der Waals surface area (Å²) in [4.78, 5) is 33.5. The van der Waals surface area contributed by atoms with Gasteiger partial charge in [-0.2, -0.15) is 5.10 Å². The average molecular weight is 508 g/mol. The Bertz CT molecular complexity index is 1470. The number of ether oxygens (including phenoxy) is 2. The molecule has 0 bridgehead atoms. The second-order valence-electron chi connectivity index (χ2n) is 11.0. The van der Waals surface area contributed by atoms with Gasteiger partial charge in [0.1, 0.15) is 17.8 Å². The highest BCUT2D eigenvalue weighted by Crippen LogP contribution is 2.59. The molecule has 0 radical (unpaired) electrons. The molecule has 3 aromatic carbocycles. The summed E-state index contributed by atoms with van der Waals surface area (Å²) < 4.78 is 11.4. The SMILES string of the molecule is COc1ccc([C@@H]2[C@H](C(=O)C(C)(C)C)N3N=Cc4ccccc4[C@H]3[C@]23N=C(c2ccccc2)OC3=O)cc1. The predicted octanol–water partition coefficient (Wildman–Crippen LogP) is 4.91. The first kappa shape index (κ1) is 24.1. The number of methoxy groups -OCH3 is 1. The summed E-state index contributed by atoms with van der Waals surface area (Å²) in [6, 6.07) is 23.4. The van der Waals surface area contributed by atoms with E-state index in [0.717, 1.165) is 16.7 Å². The molecule has 0 N–H and O–H groups in total. The highest BCUT2D eigenvalue weighted by atomic mass is 16.6. The van der Waals surface area contributed by atoms with Crippen molar-refractivity contribution in [3.8, 4) is 5.75 Å². The molecule has 0 aliphatic carbocycles. The van der Waals surface area contributed by atoms with Crippen molar-refractivity contribution in [2.75, 3.05) is 7.11 Å². The Kier molecular flexibility index (Phi) is 5.49. The fourth-order valence-corrected chi connectivity index (χ4v) is 5.89. The van der Waals surface area contributed by atoms with E-state index in [1.54, 1.807) is 18.3 Å². The lowest BCUT2D eigenvalue weighted by molar-refractivity contribution is -0.140. The summed E-state index contributed by atoms with van der Waals surface area (Å²) in [6.45, 7) is 5.69. The summed E-state index contributed by atoms with van der Waals surface area (Å²) in [7, 11) is 1.61. The lowest BCUT2D eigenvalue weighted by Crippen LogP contribution is -2.45. The number of hydrogen-bond donors (Lipinski definition) is 0. The molecule has 4 atom stereocenters. The van der Waals surface area contributed by atoms with E-state index in [9.17, 15) is 9.59 Å². The summed E-state index contributed by atoms with van der Waals surface area (Å²) in [6.07, 6.45) is 1.76. The Balaban J connectivity index is 1.65. The molecular weight excluding hydrogens is 478 g/mol. The second kappa shape index (κ2) is 8.65. The molecule has 3 aromatic rings. The van der Waals surface area contributed by atoms with E-state index in [-0.39, 0.29) is 11.7 Å². The minimum absolute atomic E-state index is 0.0205. The van der Waals surface area contributed by atoms with Gasteiger partial charge in [0.15, 0.2) is 11.3 Å². The summed E-state index contributed by atoms with van der Waals surface area (Å²) in [5.41, 5.74) is 1.16. The van der Waals surface area contributed by atoms with Gasteiger partial charge in [0.2, 0.25) is 5.90 Å². The predicted molar refractivity (Wildman–Crippen MR) is 144 cm³/mol. The van der Waals surface area contributed by atoms with Gasteiger partial charge in [-0.15, -0.1) is 0 Å². The van der Waals surface area contributed by atoms with Gasteiger partial charge in [0.05, 0.1) is 19.2 Å². The first-order valence-electron chi connectivity index (χ1n) is 12.7. The Morgan fingerprint density at radius 2 is 1.66 bits per heavy atom. The van der Waals surface area contributed by atoms with Gasteiger partial charge in [-0.25, -0.2) is 9.79 Å². The van der Waals surface area contributed by atoms with Gasteiger partial charge >= 0.3 is 5.97 Å². The third-order valence-electron chi connectivity index (χ3n) is 7.68. The number of benzene rings is 3. The summed E-state index contributed by atoms with van der Waals surface area (Å²) in [5.74, 6) is -0.216. The lowest BCUT2D eigenvalue weighted by atomic mass is 9.70. The number of Topliss-reactive ketones (excluding diaryl/α,β-unsaturated/α-hetero) is 1. The number of aliphatic imine (C=N–C) groups is 1. The van der Waals surface area contributed by atoms with Gasteiger partial charge in [0.25, 0.3) is 0 Å². The second-order valence-corrected chi connectivity index (χ2v) is 11.0.